The van der Waals surface area contributed by atoms with Gasteiger partial charge in [-0.2, -0.15) is 4.98 Å². The average molecular weight is 350 g/mol. The van der Waals surface area contributed by atoms with E-state index in [9.17, 15) is 0 Å². The van der Waals surface area contributed by atoms with E-state index in [0.29, 0.717) is 12.6 Å². The van der Waals surface area contributed by atoms with Gasteiger partial charge in [0.05, 0.1) is 0 Å². The van der Waals surface area contributed by atoms with Gasteiger partial charge in [-0.1, -0.05) is 24.3 Å². The molecule has 2 aromatic carbocycles. The Morgan fingerprint density at radius 1 is 1.11 bits per heavy atom. The molecule has 0 radical (unpaired) electrons. The lowest BCUT2D eigenvalue weighted by atomic mass is 10.2. The number of hydrogen-bond donors (Lipinski definition) is 1. The quantitative estimate of drug-likeness (QED) is 0.725. The molecule has 0 bridgehead atoms. The fourth-order valence-electron chi connectivity index (χ4n) is 1.77. The number of aromatic nitrogens is 1. The number of oxazole rings is 1. The molecule has 0 unspecified atom stereocenters. The number of fused-ring (bicyclic) bond motifs is 1. The van der Waals surface area contributed by atoms with Crippen LogP contribution in [0.2, 0.25) is 0 Å². The molecule has 90 valence electrons. The maximum absolute atomic E-state index is 5.60. The molecule has 4 heteroatoms. The summed E-state index contributed by atoms with van der Waals surface area (Å²) < 4.78 is 6.82. The molecule has 0 aliphatic heterocycles. The summed E-state index contributed by atoms with van der Waals surface area (Å²) in [6.07, 6.45) is 0. The number of nitrogens with one attached hydrogen (secondary N) is 1. The zero-order valence-corrected chi connectivity index (χ0v) is 11.7. The van der Waals surface area contributed by atoms with Gasteiger partial charge in [0.25, 0.3) is 6.01 Å². The maximum atomic E-state index is 5.60. The van der Waals surface area contributed by atoms with E-state index in [-0.39, 0.29) is 0 Å². The summed E-state index contributed by atoms with van der Waals surface area (Å²) in [4.78, 5) is 4.37. The minimum Gasteiger partial charge on any atom is -0.424 e. The molecule has 3 nitrogen and oxygen atoms in total. The van der Waals surface area contributed by atoms with E-state index in [2.05, 4.69) is 51.1 Å². The summed E-state index contributed by atoms with van der Waals surface area (Å²) in [6, 6.07) is 16.7. The lowest BCUT2D eigenvalue weighted by Crippen LogP contribution is -1.99. The number of hydrogen-bond acceptors (Lipinski definition) is 3. The summed E-state index contributed by atoms with van der Waals surface area (Å²) in [5.41, 5.74) is 2.90. The van der Waals surface area contributed by atoms with Crippen molar-refractivity contribution in [2.75, 3.05) is 5.32 Å². The molecule has 0 aliphatic rings. The topological polar surface area (TPSA) is 38.1 Å². The molecule has 0 saturated carbocycles. The van der Waals surface area contributed by atoms with Crippen LogP contribution in [0.3, 0.4) is 0 Å². The van der Waals surface area contributed by atoms with Crippen LogP contribution in [0.5, 0.6) is 0 Å². The number of para-hydroxylation sites is 2. The van der Waals surface area contributed by atoms with Crippen LogP contribution in [0.15, 0.2) is 52.9 Å². The summed E-state index contributed by atoms with van der Waals surface area (Å²) in [5.74, 6) is 0. The Labute approximate surface area is 118 Å². The molecule has 3 rings (SSSR count). The standard InChI is InChI=1S/C14H11IN2O/c15-11-5-3-4-10(8-11)9-16-14-17-12-6-1-2-7-13(12)18-14/h1-8H,9H2,(H,16,17). The zero-order valence-electron chi connectivity index (χ0n) is 9.56. The Hall–Kier alpha value is -1.56. The number of nitrogens with zero attached hydrogens (tertiary/aromatic N) is 1. The van der Waals surface area contributed by atoms with Crippen molar-refractivity contribution in [2.45, 2.75) is 6.54 Å². The van der Waals surface area contributed by atoms with Crippen LogP contribution in [0.1, 0.15) is 5.56 Å². The Balaban J connectivity index is 1.76. The molecule has 0 aliphatic carbocycles. The highest BCUT2D eigenvalue weighted by Crippen LogP contribution is 2.18. The Morgan fingerprint density at radius 3 is 2.83 bits per heavy atom. The molecule has 3 aromatic rings. The first-order valence-electron chi connectivity index (χ1n) is 5.65. The molecule has 0 fully saturated rings. The number of rotatable bonds is 3. The number of benzene rings is 2. The van der Waals surface area contributed by atoms with Crippen molar-refractivity contribution in [2.24, 2.45) is 0 Å². The van der Waals surface area contributed by atoms with Crippen molar-refractivity contribution >= 4 is 39.7 Å². The molecule has 0 spiro atoms. The van der Waals surface area contributed by atoms with Gasteiger partial charge >= 0.3 is 0 Å². The predicted molar refractivity (Wildman–Crippen MR) is 80.5 cm³/mol. The maximum Gasteiger partial charge on any atom is 0.295 e. The van der Waals surface area contributed by atoms with Gasteiger partial charge in [0.2, 0.25) is 0 Å². The second-order valence-corrected chi connectivity index (χ2v) is 5.22. The minimum atomic E-state index is 0.565. The smallest absolute Gasteiger partial charge is 0.295 e. The van der Waals surface area contributed by atoms with E-state index >= 15 is 0 Å². The lowest BCUT2D eigenvalue weighted by Gasteiger charge is -2.02. The highest BCUT2D eigenvalue weighted by molar-refractivity contribution is 14.1. The van der Waals surface area contributed by atoms with Crippen LogP contribution in [0.4, 0.5) is 6.01 Å². The summed E-state index contributed by atoms with van der Waals surface area (Å²) in [7, 11) is 0. The number of anilines is 1. The first-order valence-corrected chi connectivity index (χ1v) is 6.73. The van der Waals surface area contributed by atoms with E-state index in [0.717, 1.165) is 11.1 Å². The van der Waals surface area contributed by atoms with Crippen LogP contribution in [0.25, 0.3) is 11.1 Å². The second-order valence-electron chi connectivity index (χ2n) is 3.97. The van der Waals surface area contributed by atoms with Gasteiger partial charge in [-0.05, 0) is 52.4 Å². The van der Waals surface area contributed by atoms with Crippen LogP contribution in [-0.2, 0) is 6.54 Å². The second kappa shape index (κ2) is 4.97. The molecule has 0 atom stereocenters. The van der Waals surface area contributed by atoms with Crippen LogP contribution in [0, 0.1) is 3.57 Å². The molecule has 0 amide bonds. The predicted octanol–water partition coefficient (Wildman–Crippen LogP) is 4.04. The van der Waals surface area contributed by atoms with Gasteiger partial charge in [0.15, 0.2) is 5.58 Å². The first-order chi connectivity index (χ1) is 8.81. The summed E-state index contributed by atoms with van der Waals surface area (Å²) in [5, 5.41) is 3.20. The van der Waals surface area contributed by atoms with Gasteiger partial charge in [0.1, 0.15) is 5.52 Å². The summed E-state index contributed by atoms with van der Waals surface area (Å²) in [6.45, 7) is 0.712. The summed E-state index contributed by atoms with van der Waals surface area (Å²) >= 11 is 2.30. The molecule has 1 aromatic heterocycles. The average Bonchev–Trinajstić information content (AvgIpc) is 2.79. The molecule has 18 heavy (non-hydrogen) atoms. The number of halogens is 1. The molecular weight excluding hydrogens is 339 g/mol. The third-order valence-corrected chi connectivity index (χ3v) is 3.30. The first kappa shape index (κ1) is 11.5. The third kappa shape index (κ3) is 2.48. The molecule has 1 N–H and O–H groups in total. The van der Waals surface area contributed by atoms with Crippen molar-refractivity contribution < 1.29 is 4.42 Å². The van der Waals surface area contributed by atoms with Gasteiger partial charge < -0.3 is 9.73 Å². The van der Waals surface area contributed by atoms with Crippen molar-refractivity contribution in [3.63, 3.8) is 0 Å². The monoisotopic (exact) mass is 350 g/mol. The minimum absolute atomic E-state index is 0.565. The van der Waals surface area contributed by atoms with Crippen molar-refractivity contribution in [1.29, 1.82) is 0 Å². The van der Waals surface area contributed by atoms with Crippen molar-refractivity contribution in [3.05, 3.63) is 57.7 Å². The van der Waals surface area contributed by atoms with Crippen LogP contribution >= 0.6 is 22.6 Å². The Morgan fingerprint density at radius 2 is 2.00 bits per heavy atom. The van der Waals surface area contributed by atoms with E-state index in [1.54, 1.807) is 0 Å². The van der Waals surface area contributed by atoms with Crippen LogP contribution in [-0.4, -0.2) is 4.98 Å². The van der Waals surface area contributed by atoms with E-state index < -0.39 is 0 Å². The zero-order chi connectivity index (χ0) is 12.4. The molecule has 0 saturated heterocycles. The highest BCUT2D eigenvalue weighted by atomic mass is 127. The fourth-order valence-corrected chi connectivity index (χ4v) is 2.38. The highest BCUT2D eigenvalue weighted by Gasteiger charge is 2.04. The van der Waals surface area contributed by atoms with E-state index in [1.165, 1.54) is 9.13 Å². The van der Waals surface area contributed by atoms with E-state index in [4.69, 9.17) is 4.42 Å². The van der Waals surface area contributed by atoms with Gasteiger partial charge in [-0.25, -0.2) is 0 Å². The lowest BCUT2D eigenvalue weighted by molar-refractivity contribution is 0.614. The molecular formula is C14H11IN2O. The fraction of sp³-hybridized carbons (Fsp3) is 0.0714. The normalized spacial score (nSPS) is 10.7. The Bertz CT molecular complexity index is 645. The van der Waals surface area contributed by atoms with Gasteiger partial charge in [-0.15, -0.1) is 0 Å². The van der Waals surface area contributed by atoms with E-state index in [1.807, 2.05) is 30.3 Å². The molecule has 1 heterocycles. The van der Waals surface area contributed by atoms with Crippen molar-refractivity contribution in [3.8, 4) is 0 Å². The SMILES string of the molecule is Ic1cccc(CNc2nc3ccccc3o2)c1. The largest absolute Gasteiger partial charge is 0.424 e. The van der Waals surface area contributed by atoms with Crippen molar-refractivity contribution in [1.82, 2.24) is 4.98 Å². The van der Waals surface area contributed by atoms with Crippen LogP contribution < -0.4 is 5.32 Å². The van der Waals surface area contributed by atoms with Gasteiger partial charge in [-0.3, -0.25) is 0 Å². The Kier molecular flexibility index (Phi) is 3.19. The van der Waals surface area contributed by atoms with Gasteiger partial charge in [0, 0.05) is 10.1 Å². The third-order valence-electron chi connectivity index (χ3n) is 2.63.